The molecule has 0 spiro atoms. The number of benzene rings is 1. The van der Waals surface area contributed by atoms with Crippen molar-refractivity contribution in [3.8, 4) is 5.75 Å². The highest BCUT2D eigenvalue weighted by molar-refractivity contribution is 6.30. The fourth-order valence-corrected chi connectivity index (χ4v) is 2.60. The summed E-state index contributed by atoms with van der Waals surface area (Å²) in [6, 6.07) is 7.17. The van der Waals surface area contributed by atoms with Crippen LogP contribution in [0.1, 0.15) is 19.3 Å². The summed E-state index contributed by atoms with van der Waals surface area (Å²) >= 11 is 5.82. The zero-order chi connectivity index (χ0) is 14.4. The van der Waals surface area contributed by atoms with E-state index in [-0.39, 0.29) is 12.0 Å². The van der Waals surface area contributed by atoms with Gasteiger partial charge < -0.3 is 9.47 Å². The monoisotopic (exact) mass is 297 g/mol. The van der Waals surface area contributed by atoms with Gasteiger partial charge in [-0.3, -0.25) is 9.69 Å². The Balaban J connectivity index is 1.82. The molecule has 0 aliphatic carbocycles. The number of nitrogens with zero attached hydrogens (tertiary/aromatic N) is 1. The number of rotatable bonds is 5. The third kappa shape index (κ3) is 4.12. The van der Waals surface area contributed by atoms with Gasteiger partial charge in [-0.15, -0.1) is 0 Å². The van der Waals surface area contributed by atoms with Gasteiger partial charge in [-0.2, -0.15) is 0 Å². The minimum absolute atomic E-state index is 0.123. The molecular formula is C15H20ClNO3. The number of carbonyl (C=O) groups is 1. The van der Waals surface area contributed by atoms with Crippen molar-refractivity contribution in [3.63, 3.8) is 0 Å². The minimum Gasteiger partial charge on any atom is -0.492 e. The van der Waals surface area contributed by atoms with E-state index < -0.39 is 0 Å². The lowest BCUT2D eigenvalue weighted by Crippen LogP contribution is -2.46. The van der Waals surface area contributed by atoms with Gasteiger partial charge in [0.15, 0.2) is 0 Å². The molecule has 1 heterocycles. The molecule has 0 aromatic heterocycles. The number of likely N-dealkylation sites (tertiary alicyclic amines) is 1. The fourth-order valence-electron chi connectivity index (χ4n) is 2.47. The van der Waals surface area contributed by atoms with Crippen LogP contribution >= 0.6 is 11.6 Å². The molecule has 0 radical (unpaired) electrons. The molecule has 1 aliphatic heterocycles. The van der Waals surface area contributed by atoms with Gasteiger partial charge in [0, 0.05) is 11.6 Å². The van der Waals surface area contributed by atoms with Gasteiger partial charge in [0.05, 0.1) is 7.11 Å². The first-order chi connectivity index (χ1) is 9.70. The molecule has 1 atom stereocenters. The van der Waals surface area contributed by atoms with Crippen molar-refractivity contribution < 1.29 is 14.3 Å². The molecular weight excluding hydrogens is 278 g/mol. The predicted octanol–water partition coefficient (Wildman–Crippen LogP) is 2.75. The number of methoxy groups -OCH3 is 1. The Labute approximate surface area is 124 Å². The van der Waals surface area contributed by atoms with Crippen LogP contribution in [0.15, 0.2) is 24.3 Å². The summed E-state index contributed by atoms with van der Waals surface area (Å²) in [4.78, 5) is 13.9. The summed E-state index contributed by atoms with van der Waals surface area (Å²) in [6.07, 6.45) is 3.07. The summed E-state index contributed by atoms with van der Waals surface area (Å²) in [5, 5.41) is 0.694. The van der Waals surface area contributed by atoms with Crippen LogP contribution < -0.4 is 4.74 Å². The average molecular weight is 298 g/mol. The van der Waals surface area contributed by atoms with Gasteiger partial charge in [0.25, 0.3) is 0 Å². The lowest BCUT2D eigenvalue weighted by atomic mass is 10.0. The molecule has 1 unspecified atom stereocenters. The quantitative estimate of drug-likeness (QED) is 0.784. The lowest BCUT2D eigenvalue weighted by molar-refractivity contribution is -0.148. The molecule has 1 aliphatic rings. The van der Waals surface area contributed by atoms with Crippen LogP contribution in [0, 0.1) is 0 Å². The van der Waals surface area contributed by atoms with Gasteiger partial charge in [0.2, 0.25) is 0 Å². The van der Waals surface area contributed by atoms with Crippen molar-refractivity contribution in [1.29, 1.82) is 0 Å². The molecule has 5 heteroatoms. The summed E-state index contributed by atoms with van der Waals surface area (Å²) < 4.78 is 10.5. The molecule has 1 fully saturated rings. The maximum absolute atomic E-state index is 11.7. The van der Waals surface area contributed by atoms with Crippen molar-refractivity contribution in [1.82, 2.24) is 4.90 Å². The van der Waals surface area contributed by atoms with Crippen molar-refractivity contribution in [3.05, 3.63) is 29.3 Å². The second kappa shape index (κ2) is 7.50. The Morgan fingerprint density at radius 2 is 2.10 bits per heavy atom. The topological polar surface area (TPSA) is 38.8 Å². The van der Waals surface area contributed by atoms with Crippen LogP contribution in [0.2, 0.25) is 5.02 Å². The highest BCUT2D eigenvalue weighted by Gasteiger charge is 2.28. The average Bonchev–Trinajstić information content (AvgIpc) is 2.49. The van der Waals surface area contributed by atoms with Crippen molar-refractivity contribution in [2.45, 2.75) is 25.3 Å². The molecule has 0 N–H and O–H groups in total. The summed E-state index contributed by atoms with van der Waals surface area (Å²) in [7, 11) is 1.44. The Kier molecular flexibility index (Phi) is 5.68. The smallest absolute Gasteiger partial charge is 0.323 e. The largest absolute Gasteiger partial charge is 0.492 e. The van der Waals surface area contributed by atoms with E-state index >= 15 is 0 Å². The van der Waals surface area contributed by atoms with E-state index in [9.17, 15) is 4.79 Å². The van der Waals surface area contributed by atoms with Crippen molar-refractivity contribution >= 4 is 17.6 Å². The van der Waals surface area contributed by atoms with Gasteiger partial charge in [0.1, 0.15) is 18.4 Å². The van der Waals surface area contributed by atoms with Gasteiger partial charge >= 0.3 is 5.97 Å². The summed E-state index contributed by atoms with van der Waals surface area (Å²) in [6.45, 7) is 2.20. The second-order valence-electron chi connectivity index (χ2n) is 4.87. The first-order valence-corrected chi connectivity index (χ1v) is 7.29. The molecule has 4 nitrogen and oxygen atoms in total. The number of hydrogen-bond donors (Lipinski definition) is 0. The number of hydrogen-bond acceptors (Lipinski definition) is 4. The van der Waals surface area contributed by atoms with Gasteiger partial charge in [-0.25, -0.2) is 0 Å². The first kappa shape index (κ1) is 15.1. The number of carbonyl (C=O) groups excluding carboxylic acids is 1. The minimum atomic E-state index is -0.142. The molecule has 0 bridgehead atoms. The molecule has 1 saturated heterocycles. The third-order valence-electron chi connectivity index (χ3n) is 3.55. The van der Waals surface area contributed by atoms with Crippen LogP contribution in [0.25, 0.3) is 0 Å². The van der Waals surface area contributed by atoms with Gasteiger partial charge in [-0.05, 0) is 43.7 Å². The molecule has 1 aromatic carbocycles. The summed E-state index contributed by atoms with van der Waals surface area (Å²) in [5.74, 6) is 0.650. The summed E-state index contributed by atoms with van der Waals surface area (Å²) in [5.41, 5.74) is 0. The van der Waals surface area contributed by atoms with Crippen molar-refractivity contribution in [2.24, 2.45) is 0 Å². The second-order valence-corrected chi connectivity index (χ2v) is 5.31. The zero-order valence-electron chi connectivity index (χ0n) is 11.7. The van der Waals surface area contributed by atoms with Crippen molar-refractivity contribution in [2.75, 3.05) is 26.8 Å². The van der Waals surface area contributed by atoms with E-state index in [0.717, 1.165) is 38.1 Å². The molecule has 20 heavy (non-hydrogen) atoms. The Morgan fingerprint density at radius 3 is 2.80 bits per heavy atom. The maximum atomic E-state index is 11.7. The van der Waals surface area contributed by atoms with Crippen LogP contribution in [0.3, 0.4) is 0 Å². The first-order valence-electron chi connectivity index (χ1n) is 6.91. The van der Waals surface area contributed by atoms with Crippen LogP contribution in [0.4, 0.5) is 0 Å². The highest BCUT2D eigenvalue weighted by Crippen LogP contribution is 2.19. The lowest BCUT2D eigenvalue weighted by Gasteiger charge is -2.33. The fraction of sp³-hybridized carbons (Fsp3) is 0.533. The number of halogens is 1. The highest BCUT2D eigenvalue weighted by atomic mass is 35.5. The zero-order valence-corrected chi connectivity index (χ0v) is 12.4. The van der Waals surface area contributed by atoms with E-state index in [1.165, 1.54) is 7.11 Å². The Hall–Kier alpha value is -1.26. The molecule has 110 valence electrons. The van der Waals surface area contributed by atoms with Crippen LogP contribution in [-0.2, 0) is 9.53 Å². The van der Waals surface area contributed by atoms with Crippen LogP contribution in [0.5, 0.6) is 5.75 Å². The normalized spacial score (nSPS) is 19.6. The van der Waals surface area contributed by atoms with Gasteiger partial charge in [-0.1, -0.05) is 18.0 Å². The molecule has 1 aromatic rings. The number of piperidine rings is 1. The number of esters is 1. The van der Waals surface area contributed by atoms with E-state index in [4.69, 9.17) is 21.1 Å². The third-order valence-corrected chi connectivity index (χ3v) is 3.80. The predicted molar refractivity (Wildman–Crippen MR) is 78.2 cm³/mol. The molecule has 0 saturated carbocycles. The van der Waals surface area contributed by atoms with E-state index in [2.05, 4.69) is 4.90 Å². The Bertz CT molecular complexity index is 435. The number of ether oxygens (including phenoxy) is 2. The molecule has 2 rings (SSSR count). The van der Waals surface area contributed by atoms with E-state index in [0.29, 0.717) is 11.6 Å². The van der Waals surface area contributed by atoms with Crippen LogP contribution in [-0.4, -0.2) is 43.7 Å². The Morgan fingerprint density at radius 1 is 1.35 bits per heavy atom. The SMILES string of the molecule is COC(=O)C1CCCCN1CCOc1ccc(Cl)cc1. The maximum Gasteiger partial charge on any atom is 0.323 e. The standard InChI is InChI=1S/C15H20ClNO3/c1-19-15(18)14-4-2-3-9-17(14)10-11-20-13-7-5-12(16)6-8-13/h5-8,14H,2-4,9-11H2,1H3. The van der Waals surface area contributed by atoms with E-state index in [1.807, 2.05) is 12.1 Å². The molecule has 0 amide bonds. The van der Waals surface area contributed by atoms with E-state index in [1.54, 1.807) is 12.1 Å².